The summed E-state index contributed by atoms with van der Waals surface area (Å²) in [6.07, 6.45) is 0. The fraction of sp³-hybridized carbons (Fsp3) is 0. The summed E-state index contributed by atoms with van der Waals surface area (Å²) in [6, 6.07) is 56.1. The Balaban J connectivity index is 1.21. The summed E-state index contributed by atoms with van der Waals surface area (Å²) in [5.74, 6) is 1.80. The molecule has 0 N–H and O–H groups in total. The van der Waals surface area contributed by atoms with Crippen molar-refractivity contribution in [1.82, 2.24) is 0 Å². The van der Waals surface area contributed by atoms with Crippen LogP contribution in [0.3, 0.4) is 0 Å². The first-order chi connectivity index (χ1) is 22.8. The first-order valence-electron chi connectivity index (χ1n) is 15.7. The molecule has 0 fully saturated rings. The van der Waals surface area contributed by atoms with Gasteiger partial charge in [-0.15, -0.1) is 0 Å². The van der Waals surface area contributed by atoms with E-state index in [9.17, 15) is 0 Å². The maximum absolute atomic E-state index is 6.46. The fourth-order valence-corrected chi connectivity index (χ4v) is 7.46. The lowest BCUT2D eigenvalue weighted by atomic mass is 9.85. The monoisotopic (exact) mass is 586 g/mol. The van der Waals surface area contributed by atoms with Crippen molar-refractivity contribution in [2.24, 2.45) is 0 Å². The van der Waals surface area contributed by atoms with Crippen LogP contribution in [0.1, 0.15) is 0 Å². The average molecular weight is 587 g/mol. The number of rotatable bonds is 3. The molecule has 0 saturated heterocycles. The molecule has 0 amide bonds. The van der Waals surface area contributed by atoms with Crippen molar-refractivity contribution >= 4 is 43.5 Å². The van der Waals surface area contributed by atoms with Gasteiger partial charge in [0.25, 0.3) is 0 Å². The molecule has 8 aromatic carbocycles. The van der Waals surface area contributed by atoms with Crippen LogP contribution in [0.2, 0.25) is 0 Å². The van der Waals surface area contributed by atoms with Gasteiger partial charge >= 0.3 is 0 Å². The molecule has 1 aliphatic heterocycles. The van der Waals surface area contributed by atoms with Gasteiger partial charge in [-0.05, 0) is 85.4 Å². The second-order valence-electron chi connectivity index (χ2n) is 12.0. The van der Waals surface area contributed by atoms with E-state index in [4.69, 9.17) is 9.15 Å². The highest BCUT2D eigenvalue weighted by Crippen LogP contribution is 2.50. The molecule has 0 spiro atoms. The largest absolute Gasteiger partial charge is 0.456 e. The number of ether oxygens (including phenoxy) is 1. The average Bonchev–Trinajstić information content (AvgIpc) is 3.48. The molecule has 10 rings (SSSR count). The van der Waals surface area contributed by atoms with Gasteiger partial charge in [-0.25, -0.2) is 0 Å². The zero-order valence-electron chi connectivity index (χ0n) is 24.8. The van der Waals surface area contributed by atoms with Crippen molar-refractivity contribution in [3.05, 3.63) is 158 Å². The lowest BCUT2D eigenvalue weighted by molar-refractivity contribution is 0.487. The van der Waals surface area contributed by atoms with Crippen LogP contribution in [-0.2, 0) is 0 Å². The number of hydrogen-bond donors (Lipinski definition) is 0. The van der Waals surface area contributed by atoms with Crippen LogP contribution < -0.4 is 4.74 Å². The summed E-state index contributed by atoms with van der Waals surface area (Å²) in [7, 11) is 0. The second-order valence-corrected chi connectivity index (χ2v) is 12.0. The maximum Gasteiger partial charge on any atom is 0.136 e. The molecular weight excluding hydrogens is 560 g/mol. The highest BCUT2D eigenvalue weighted by Gasteiger charge is 2.23. The van der Waals surface area contributed by atoms with Crippen molar-refractivity contribution in [3.63, 3.8) is 0 Å². The first-order valence-corrected chi connectivity index (χ1v) is 15.7. The lowest BCUT2D eigenvalue weighted by Crippen LogP contribution is -1.98. The van der Waals surface area contributed by atoms with Gasteiger partial charge in [0.15, 0.2) is 0 Å². The normalized spacial score (nSPS) is 12.1. The molecule has 0 atom stereocenters. The molecule has 0 unspecified atom stereocenters. The van der Waals surface area contributed by atoms with Crippen LogP contribution >= 0.6 is 0 Å². The molecular formula is C44H26O2. The van der Waals surface area contributed by atoms with Gasteiger partial charge in [-0.2, -0.15) is 0 Å². The van der Waals surface area contributed by atoms with Gasteiger partial charge in [0.05, 0.1) is 0 Å². The smallest absolute Gasteiger partial charge is 0.136 e. The Bertz CT molecular complexity index is 2680. The van der Waals surface area contributed by atoms with Crippen molar-refractivity contribution < 1.29 is 9.15 Å². The second kappa shape index (κ2) is 9.69. The SMILES string of the molecule is c1ccc2c(c1)Oc1ccc(-c3ccccc3-c3ccccc3-c3cccc4oc5cc6ccccc6cc5c34)c3cccc-2c13. The predicted octanol–water partition coefficient (Wildman–Crippen LogP) is 12.7. The summed E-state index contributed by atoms with van der Waals surface area (Å²) >= 11 is 0. The topological polar surface area (TPSA) is 22.4 Å². The Morgan fingerprint density at radius 2 is 0.870 bits per heavy atom. The molecule has 2 heterocycles. The van der Waals surface area contributed by atoms with Crippen LogP contribution in [0.5, 0.6) is 11.5 Å². The third kappa shape index (κ3) is 3.65. The molecule has 1 aliphatic rings. The summed E-state index contributed by atoms with van der Waals surface area (Å²) in [5, 5.41) is 7.01. The number of benzene rings is 8. The minimum Gasteiger partial charge on any atom is -0.456 e. The molecule has 0 saturated carbocycles. The van der Waals surface area contributed by atoms with Crippen LogP contribution in [0.4, 0.5) is 0 Å². The molecule has 0 bridgehead atoms. The number of furan rings is 1. The molecule has 2 heteroatoms. The predicted molar refractivity (Wildman–Crippen MR) is 191 cm³/mol. The van der Waals surface area contributed by atoms with E-state index in [1.54, 1.807) is 0 Å². The Hall–Kier alpha value is -6.12. The van der Waals surface area contributed by atoms with Gasteiger partial charge in [-0.3, -0.25) is 0 Å². The summed E-state index contributed by atoms with van der Waals surface area (Å²) < 4.78 is 12.9. The van der Waals surface area contributed by atoms with E-state index in [2.05, 4.69) is 146 Å². The number of hydrogen-bond acceptors (Lipinski definition) is 2. The van der Waals surface area contributed by atoms with Gasteiger partial charge in [0, 0.05) is 21.7 Å². The van der Waals surface area contributed by atoms with E-state index in [1.807, 2.05) is 12.1 Å². The highest BCUT2D eigenvalue weighted by molar-refractivity contribution is 6.17. The molecule has 0 radical (unpaired) electrons. The quantitative estimate of drug-likeness (QED) is 0.205. The summed E-state index contributed by atoms with van der Waals surface area (Å²) in [6.45, 7) is 0. The van der Waals surface area contributed by atoms with Gasteiger partial charge in [0.2, 0.25) is 0 Å². The van der Waals surface area contributed by atoms with Crippen molar-refractivity contribution in [2.75, 3.05) is 0 Å². The Morgan fingerprint density at radius 1 is 0.304 bits per heavy atom. The minimum atomic E-state index is 0.898. The van der Waals surface area contributed by atoms with Crippen LogP contribution in [0.25, 0.3) is 88.0 Å². The van der Waals surface area contributed by atoms with E-state index in [1.165, 1.54) is 55.1 Å². The third-order valence-corrected chi connectivity index (χ3v) is 9.49. The van der Waals surface area contributed by atoms with Crippen LogP contribution in [0, 0.1) is 0 Å². The Morgan fingerprint density at radius 3 is 1.63 bits per heavy atom. The first kappa shape index (κ1) is 25.2. The standard InChI is InChI=1S/C44H26O2/c1-2-12-28-26-42-38(25-27(28)11-1)44-35(20-10-22-40(44)46-42)32-16-6-5-14-30(32)29-13-3-4-15-31(29)33-23-24-41-43-36(33)18-9-19-37(43)34-17-7-8-21-39(34)45-41/h1-26H. The zero-order valence-corrected chi connectivity index (χ0v) is 24.8. The summed E-state index contributed by atoms with van der Waals surface area (Å²) in [4.78, 5) is 0. The van der Waals surface area contributed by atoms with Crippen molar-refractivity contribution in [2.45, 2.75) is 0 Å². The molecule has 9 aromatic rings. The minimum absolute atomic E-state index is 0.898. The van der Waals surface area contributed by atoms with E-state index < -0.39 is 0 Å². The third-order valence-electron chi connectivity index (χ3n) is 9.49. The fourth-order valence-electron chi connectivity index (χ4n) is 7.46. The number of fused-ring (bicyclic) bond motifs is 6. The molecule has 1 aromatic heterocycles. The van der Waals surface area contributed by atoms with Crippen LogP contribution in [-0.4, -0.2) is 0 Å². The lowest BCUT2D eigenvalue weighted by Gasteiger charge is -2.23. The van der Waals surface area contributed by atoms with Gasteiger partial charge < -0.3 is 9.15 Å². The van der Waals surface area contributed by atoms with E-state index in [0.29, 0.717) is 0 Å². The summed E-state index contributed by atoms with van der Waals surface area (Å²) in [5.41, 5.74) is 11.2. The maximum atomic E-state index is 6.46. The van der Waals surface area contributed by atoms with E-state index >= 15 is 0 Å². The van der Waals surface area contributed by atoms with Crippen LogP contribution in [0.15, 0.2) is 162 Å². The van der Waals surface area contributed by atoms with E-state index in [-0.39, 0.29) is 0 Å². The van der Waals surface area contributed by atoms with E-state index in [0.717, 1.165) is 44.4 Å². The van der Waals surface area contributed by atoms with Crippen molar-refractivity contribution in [3.8, 4) is 56.0 Å². The Labute approximate surface area is 265 Å². The van der Waals surface area contributed by atoms with Gasteiger partial charge in [0.1, 0.15) is 22.7 Å². The molecule has 0 aliphatic carbocycles. The number of para-hydroxylation sites is 1. The van der Waals surface area contributed by atoms with Gasteiger partial charge in [-0.1, -0.05) is 127 Å². The zero-order chi connectivity index (χ0) is 30.2. The highest BCUT2D eigenvalue weighted by atomic mass is 16.5. The Kier molecular flexibility index (Phi) is 5.31. The molecule has 2 nitrogen and oxygen atoms in total. The van der Waals surface area contributed by atoms with Crippen molar-refractivity contribution in [1.29, 1.82) is 0 Å². The molecule has 46 heavy (non-hydrogen) atoms. The molecule has 214 valence electrons.